The lowest BCUT2D eigenvalue weighted by molar-refractivity contribution is -0.137. The van der Waals surface area contributed by atoms with Crippen LogP contribution >= 0.6 is 23.2 Å². The highest BCUT2D eigenvalue weighted by Gasteiger charge is 2.31. The number of hydrogen-bond donors (Lipinski definition) is 0. The Labute approximate surface area is 189 Å². The molecule has 1 amide bonds. The molecule has 0 aromatic heterocycles. The highest BCUT2D eigenvalue weighted by Crippen LogP contribution is 2.27. The van der Waals surface area contributed by atoms with Crippen LogP contribution in [0.4, 0.5) is 5.69 Å². The molecule has 2 aromatic rings. The highest BCUT2D eigenvalue weighted by atomic mass is 35.5. The van der Waals surface area contributed by atoms with E-state index in [1.807, 2.05) is 30.3 Å². The molecule has 2 aliphatic heterocycles. The van der Waals surface area contributed by atoms with Crippen LogP contribution in [0.3, 0.4) is 0 Å². The van der Waals surface area contributed by atoms with Crippen molar-refractivity contribution in [3.63, 3.8) is 0 Å². The van der Waals surface area contributed by atoms with E-state index in [0.717, 1.165) is 68.7 Å². The van der Waals surface area contributed by atoms with Gasteiger partial charge in [0.05, 0.1) is 5.92 Å². The summed E-state index contributed by atoms with van der Waals surface area (Å²) in [6, 6.07) is 14.0. The third-order valence-corrected chi connectivity index (χ3v) is 6.72. The number of halogens is 2. The molecule has 0 saturated carbocycles. The smallest absolute Gasteiger partial charge is 0.227 e. The van der Waals surface area contributed by atoms with Gasteiger partial charge in [-0.15, -0.1) is 0 Å². The molecular formula is C24H29Cl2N3O. The predicted molar refractivity (Wildman–Crippen MR) is 124 cm³/mol. The van der Waals surface area contributed by atoms with Gasteiger partial charge < -0.3 is 9.80 Å². The van der Waals surface area contributed by atoms with Crippen LogP contribution in [0.2, 0.25) is 10.0 Å². The molecule has 0 spiro atoms. The van der Waals surface area contributed by atoms with Gasteiger partial charge in [0.2, 0.25) is 5.91 Å². The summed E-state index contributed by atoms with van der Waals surface area (Å²) in [5.41, 5.74) is 3.61. The molecule has 2 fully saturated rings. The zero-order chi connectivity index (χ0) is 21.1. The number of carbonyl (C=O) groups is 1. The minimum Gasteiger partial charge on any atom is -0.368 e. The van der Waals surface area contributed by atoms with Gasteiger partial charge in [-0.2, -0.15) is 0 Å². The van der Waals surface area contributed by atoms with Gasteiger partial charge in [0.15, 0.2) is 0 Å². The molecule has 2 aliphatic rings. The van der Waals surface area contributed by atoms with E-state index in [1.54, 1.807) is 0 Å². The van der Waals surface area contributed by atoms with Crippen molar-refractivity contribution >= 4 is 34.8 Å². The molecule has 0 aliphatic carbocycles. The number of likely N-dealkylation sites (tertiary alicyclic amines) is 1. The van der Waals surface area contributed by atoms with E-state index in [1.165, 1.54) is 16.8 Å². The fraction of sp³-hybridized carbons (Fsp3) is 0.458. The van der Waals surface area contributed by atoms with Crippen LogP contribution in [0.1, 0.15) is 24.0 Å². The second-order valence-electron chi connectivity index (χ2n) is 8.45. The van der Waals surface area contributed by atoms with Crippen molar-refractivity contribution in [2.75, 3.05) is 44.2 Å². The average molecular weight is 446 g/mol. The van der Waals surface area contributed by atoms with E-state index in [2.05, 4.69) is 33.8 Å². The van der Waals surface area contributed by atoms with E-state index in [4.69, 9.17) is 23.2 Å². The Morgan fingerprint density at radius 1 is 1.00 bits per heavy atom. The van der Waals surface area contributed by atoms with Gasteiger partial charge in [0.1, 0.15) is 0 Å². The van der Waals surface area contributed by atoms with Crippen LogP contribution in [0.25, 0.3) is 0 Å². The first-order valence-corrected chi connectivity index (χ1v) is 11.5. The van der Waals surface area contributed by atoms with E-state index >= 15 is 0 Å². The number of piperidine rings is 1. The zero-order valence-corrected chi connectivity index (χ0v) is 19.0. The summed E-state index contributed by atoms with van der Waals surface area (Å²) in [6.07, 6.45) is 2.05. The first-order valence-electron chi connectivity index (χ1n) is 10.8. The monoisotopic (exact) mass is 445 g/mol. The number of aryl methyl sites for hydroxylation is 1. The maximum Gasteiger partial charge on any atom is 0.227 e. The van der Waals surface area contributed by atoms with E-state index in [-0.39, 0.29) is 5.92 Å². The van der Waals surface area contributed by atoms with Crippen molar-refractivity contribution < 1.29 is 4.79 Å². The molecule has 0 N–H and O–H groups in total. The summed E-state index contributed by atoms with van der Waals surface area (Å²) < 4.78 is 0. The number of hydrogen-bond acceptors (Lipinski definition) is 3. The van der Waals surface area contributed by atoms with Crippen molar-refractivity contribution in [2.24, 2.45) is 5.92 Å². The number of piperazine rings is 1. The molecule has 1 atom stereocenters. The normalized spacial score (nSPS) is 20.4. The third-order valence-electron chi connectivity index (χ3n) is 6.25. The summed E-state index contributed by atoms with van der Waals surface area (Å²) in [5, 5.41) is 1.53. The molecule has 1 unspecified atom stereocenters. The van der Waals surface area contributed by atoms with Crippen molar-refractivity contribution in [1.29, 1.82) is 0 Å². The molecule has 2 aromatic carbocycles. The molecule has 4 nitrogen and oxygen atoms in total. The van der Waals surface area contributed by atoms with Gasteiger partial charge in [-0.3, -0.25) is 9.69 Å². The second kappa shape index (κ2) is 9.59. The van der Waals surface area contributed by atoms with Gasteiger partial charge in [-0.1, -0.05) is 41.4 Å². The molecule has 2 heterocycles. The number of amides is 1. The fourth-order valence-electron chi connectivity index (χ4n) is 4.64. The lowest BCUT2D eigenvalue weighted by Gasteiger charge is -2.40. The van der Waals surface area contributed by atoms with Crippen LogP contribution in [-0.4, -0.2) is 55.0 Å². The molecule has 160 valence electrons. The molecule has 4 rings (SSSR count). The number of anilines is 1. The van der Waals surface area contributed by atoms with Crippen molar-refractivity contribution in [2.45, 2.75) is 26.3 Å². The van der Waals surface area contributed by atoms with Crippen LogP contribution < -0.4 is 4.90 Å². The third kappa shape index (κ3) is 5.11. The number of rotatable bonds is 4. The standard InChI is InChI=1S/C24H29Cl2N3O/c1-18-7-8-22(26)15-23(18)28-10-12-29(13-11-28)24(30)20-5-3-9-27(17-20)16-19-4-2-6-21(25)14-19/h2,4,6-8,14-15,20H,3,5,9-13,16-17H2,1H3. The van der Waals surface area contributed by atoms with Gasteiger partial charge in [-0.05, 0) is 61.7 Å². The first-order chi connectivity index (χ1) is 14.5. The first kappa shape index (κ1) is 21.5. The summed E-state index contributed by atoms with van der Waals surface area (Å²) in [6.45, 7) is 8.09. The SMILES string of the molecule is Cc1ccc(Cl)cc1N1CCN(C(=O)C2CCCN(Cc3cccc(Cl)c3)C2)CC1. The summed E-state index contributed by atoms with van der Waals surface area (Å²) >= 11 is 12.3. The van der Waals surface area contributed by atoms with E-state index in [9.17, 15) is 4.79 Å². The van der Waals surface area contributed by atoms with E-state index < -0.39 is 0 Å². The Balaban J connectivity index is 1.33. The van der Waals surface area contributed by atoms with Crippen LogP contribution in [0, 0.1) is 12.8 Å². The van der Waals surface area contributed by atoms with Crippen molar-refractivity contribution in [1.82, 2.24) is 9.80 Å². The molecule has 2 saturated heterocycles. The minimum absolute atomic E-state index is 0.0948. The van der Waals surface area contributed by atoms with Crippen molar-refractivity contribution in [3.8, 4) is 0 Å². The molecule has 30 heavy (non-hydrogen) atoms. The zero-order valence-electron chi connectivity index (χ0n) is 17.5. The molecule has 0 radical (unpaired) electrons. The summed E-state index contributed by atoms with van der Waals surface area (Å²) in [5.74, 6) is 0.408. The molecule has 0 bridgehead atoms. The quantitative estimate of drug-likeness (QED) is 0.671. The van der Waals surface area contributed by atoms with Gasteiger partial charge in [0, 0.05) is 55.0 Å². The van der Waals surface area contributed by atoms with Crippen LogP contribution in [0.15, 0.2) is 42.5 Å². The predicted octanol–water partition coefficient (Wildman–Crippen LogP) is 4.86. The average Bonchev–Trinajstić information content (AvgIpc) is 2.75. The lowest BCUT2D eigenvalue weighted by Crippen LogP contribution is -2.52. The highest BCUT2D eigenvalue weighted by molar-refractivity contribution is 6.31. The minimum atomic E-state index is 0.0948. The van der Waals surface area contributed by atoms with Gasteiger partial charge in [-0.25, -0.2) is 0 Å². The maximum absolute atomic E-state index is 13.2. The lowest BCUT2D eigenvalue weighted by atomic mass is 9.95. The Kier molecular flexibility index (Phi) is 6.87. The number of carbonyl (C=O) groups excluding carboxylic acids is 1. The van der Waals surface area contributed by atoms with Crippen LogP contribution in [-0.2, 0) is 11.3 Å². The van der Waals surface area contributed by atoms with Crippen LogP contribution in [0.5, 0.6) is 0 Å². The Hall–Kier alpha value is -1.75. The van der Waals surface area contributed by atoms with Gasteiger partial charge >= 0.3 is 0 Å². The largest absolute Gasteiger partial charge is 0.368 e. The maximum atomic E-state index is 13.2. The Bertz CT molecular complexity index is 896. The summed E-state index contributed by atoms with van der Waals surface area (Å²) in [4.78, 5) is 20.0. The molecular weight excluding hydrogens is 417 g/mol. The Morgan fingerprint density at radius 3 is 2.53 bits per heavy atom. The van der Waals surface area contributed by atoms with E-state index in [0.29, 0.717) is 5.91 Å². The Morgan fingerprint density at radius 2 is 1.77 bits per heavy atom. The van der Waals surface area contributed by atoms with Gasteiger partial charge in [0.25, 0.3) is 0 Å². The van der Waals surface area contributed by atoms with Crippen molar-refractivity contribution in [3.05, 3.63) is 63.6 Å². The molecule has 6 heteroatoms. The summed E-state index contributed by atoms with van der Waals surface area (Å²) in [7, 11) is 0. The topological polar surface area (TPSA) is 26.8 Å². The number of nitrogens with zero attached hydrogens (tertiary/aromatic N) is 3. The number of benzene rings is 2. The second-order valence-corrected chi connectivity index (χ2v) is 9.32. The fourth-order valence-corrected chi connectivity index (χ4v) is 5.02.